The summed E-state index contributed by atoms with van der Waals surface area (Å²) in [5.74, 6) is 0.658. The number of aromatic nitrogens is 1. The lowest BCUT2D eigenvalue weighted by atomic mass is 9.97. The number of oxazole rings is 1. The normalized spacial score (nSPS) is 12.6. The maximum atomic E-state index is 6.47. The van der Waals surface area contributed by atoms with Gasteiger partial charge in [0, 0.05) is 21.7 Å². The number of hydrogen-bond acceptors (Lipinski definition) is 3. The van der Waals surface area contributed by atoms with Crippen molar-refractivity contribution >= 4 is 54.6 Å². The van der Waals surface area contributed by atoms with E-state index in [1.807, 2.05) is 24.3 Å². The van der Waals surface area contributed by atoms with E-state index in [9.17, 15) is 0 Å². The zero-order valence-corrected chi connectivity index (χ0v) is 23.1. The van der Waals surface area contributed by atoms with E-state index in [-0.39, 0.29) is 0 Å². The Morgan fingerprint density at radius 1 is 0.488 bits per heavy atom. The summed E-state index contributed by atoms with van der Waals surface area (Å²) in [7, 11) is 0. The SMILES string of the molecule is c1ccc2c(c1)ccc1c3ccc(-c4ccc5c(c4)Cc4c-5ccc5cc(-c6nc7ccccc7o6)ccc45)cc3oc21. The monoisotopic (exact) mass is 549 g/mol. The van der Waals surface area contributed by atoms with Gasteiger partial charge in [-0.3, -0.25) is 0 Å². The Morgan fingerprint density at radius 3 is 2.23 bits per heavy atom. The Morgan fingerprint density at radius 2 is 1.26 bits per heavy atom. The van der Waals surface area contributed by atoms with Crippen LogP contribution in [0.2, 0.25) is 0 Å². The maximum absolute atomic E-state index is 6.47. The van der Waals surface area contributed by atoms with E-state index in [1.54, 1.807) is 0 Å². The van der Waals surface area contributed by atoms with Gasteiger partial charge in [0.1, 0.15) is 16.7 Å². The van der Waals surface area contributed by atoms with Gasteiger partial charge in [0.05, 0.1) is 0 Å². The Bertz CT molecular complexity index is 2570. The minimum absolute atomic E-state index is 0.658. The summed E-state index contributed by atoms with van der Waals surface area (Å²) in [6.07, 6.45) is 0.914. The predicted octanol–water partition coefficient (Wildman–Crippen LogP) is 10.9. The summed E-state index contributed by atoms with van der Waals surface area (Å²) in [5, 5.41) is 7.15. The molecule has 3 nitrogen and oxygen atoms in total. The lowest BCUT2D eigenvalue weighted by Gasteiger charge is -2.07. The van der Waals surface area contributed by atoms with Crippen LogP contribution in [0, 0.1) is 0 Å². The van der Waals surface area contributed by atoms with Crippen molar-refractivity contribution in [2.75, 3.05) is 0 Å². The van der Waals surface area contributed by atoms with Crippen molar-refractivity contribution < 1.29 is 8.83 Å². The molecule has 2 heterocycles. The number of nitrogens with zero attached hydrogens (tertiary/aromatic N) is 1. The number of furan rings is 1. The third-order valence-electron chi connectivity index (χ3n) is 9.13. The number of hydrogen-bond donors (Lipinski definition) is 0. The largest absolute Gasteiger partial charge is 0.455 e. The number of para-hydroxylation sites is 2. The van der Waals surface area contributed by atoms with Gasteiger partial charge in [-0.15, -0.1) is 0 Å². The molecule has 43 heavy (non-hydrogen) atoms. The molecule has 1 aliphatic carbocycles. The zero-order valence-electron chi connectivity index (χ0n) is 23.1. The van der Waals surface area contributed by atoms with E-state index < -0.39 is 0 Å². The van der Waals surface area contributed by atoms with E-state index >= 15 is 0 Å². The minimum atomic E-state index is 0.658. The second-order valence-corrected chi connectivity index (χ2v) is 11.5. The molecule has 10 rings (SSSR count). The molecule has 0 unspecified atom stereocenters. The first-order valence-electron chi connectivity index (χ1n) is 14.7. The first kappa shape index (κ1) is 23.0. The van der Waals surface area contributed by atoms with Gasteiger partial charge >= 0.3 is 0 Å². The van der Waals surface area contributed by atoms with Gasteiger partial charge in [0.2, 0.25) is 5.89 Å². The van der Waals surface area contributed by atoms with E-state index in [2.05, 4.69) is 103 Å². The van der Waals surface area contributed by atoms with Crippen LogP contribution in [-0.4, -0.2) is 4.98 Å². The Balaban J connectivity index is 1.03. The highest BCUT2D eigenvalue weighted by Crippen LogP contribution is 2.43. The van der Waals surface area contributed by atoms with Crippen LogP contribution in [0.15, 0.2) is 136 Å². The molecular weight excluding hydrogens is 526 g/mol. The average Bonchev–Trinajstić information content (AvgIpc) is 3.77. The molecule has 3 heteroatoms. The molecule has 0 atom stereocenters. The molecule has 7 aromatic carbocycles. The molecule has 1 aliphatic rings. The zero-order chi connectivity index (χ0) is 28.1. The first-order valence-corrected chi connectivity index (χ1v) is 14.7. The summed E-state index contributed by atoms with van der Waals surface area (Å²) in [6.45, 7) is 0. The third kappa shape index (κ3) is 3.33. The molecule has 0 spiro atoms. The molecule has 9 aromatic rings. The molecule has 200 valence electrons. The molecule has 0 saturated heterocycles. The third-order valence-corrected chi connectivity index (χ3v) is 9.13. The topological polar surface area (TPSA) is 39.2 Å². The fraction of sp³-hybridized carbons (Fsp3) is 0.0250. The van der Waals surface area contributed by atoms with Crippen LogP contribution in [0.5, 0.6) is 0 Å². The predicted molar refractivity (Wildman–Crippen MR) is 175 cm³/mol. The van der Waals surface area contributed by atoms with Crippen LogP contribution in [0.1, 0.15) is 11.1 Å². The van der Waals surface area contributed by atoms with Crippen molar-refractivity contribution in [3.63, 3.8) is 0 Å². The lowest BCUT2D eigenvalue weighted by molar-refractivity contribution is 0.620. The number of benzene rings is 7. The van der Waals surface area contributed by atoms with Gasteiger partial charge < -0.3 is 8.83 Å². The molecule has 0 aliphatic heterocycles. The Labute approximate surface area is 246 Å². The fourth-order valence-electron chi connectivity index (χ4n) is 7.02. The average molecular weight is 550 g/mol. The summed E-state index contributed by atoms with van der Waals surface area (Å²) >= 11 is 0. The van der Waals surface area contributed by atoms with Crippen LogP contribution in [0.3, 0.4) is 0 Å². The highest BCUT2D eigenvalue weighted by molar-refractivity contribution is 6.15. The van der Waals surface area contributed by atoms with Crippen molar-refractivity contribution in [1.29, 1.82) is 0 Å². The van der Waals surface area contributed by atoms with E-state index in [4.69, 9.17) is 13.8 Å². The lowest BCUT2D eigenvalue weighted by Crippen LogP contribution is -1.86. The van der Waals surface area contributed by atoms with Crippen LogP contribution >= 0.6 is 0 Å². The van der Waals surface area contributed by atoms with Crippen molar-refractivity contribution in [2.24, 2.45) is 0 Å². The molecule has 0 fully saturated rings. The fourth-order valence-corrected chi connectivity index (χ4v) is 7.02. The standard InChI is InChI=1S/C40H23NO2/c1-2-6-31-23(5-1)9-18-34-33-17-11-25(22-38(33)42-39(31)34)24-10-14-30-28(19-24)21-35-29-15-13-27(20-26(29)12-16-32(30)35)40-41-36-7-3-4-8-37(36)43-40/h1-20,22H,21H2. The summed E-state index contributed by atoms with van der Waals surface area (Å²) in [5.41, 5.74) is 12.3. The first-order chi connectivity index (χ1) is 21.3. The van der Waals surface area contributed by atoms with E-state index in [0.717, 1.165) is 50.4 Å². The van der Waals surface area contributed by atoms with Crippen LogP contribution in [0.25, 0.3) is 88.3 Å². The summed E-state index contributed by atoms with van der Waals surface area (Å²) in [6, 6.07) is 45.2. The molecule has 0 bridgehead atoms. The molecule has 0 saturated carbocycles. The van der Waals surface area contributed by atoms with Crippen molar-refractivity contribution in [3.05, 3.63) is 139 Å². The Hall–Kier alpha value is -5.67. The molecule has 0 N–H and O–H groups in total. The number of rotatable bonds is 2. The second-order valence-electron chi connectivity index (χ2n) is 11.5. The van der Waals surface area contributed by atoms with Crippen LogP contribution in [-0.2, 0) is 6.42 Å². The van der Waals surface area contributed by atoms with Crippen molar-refractivity contribution in [2.45, 2.75) is 6.42 Å². The van der Waals surface area contributed by atoms with Crippen LogP contribution in [0.4, 0.5) is 0 Å². The quantitative estimate of drug-likeness (QED) is 0.215. The smallest absolute Gasteiger partial charge is 0.227 e. The molecular formula is C40H23NO2. The van der Waals surface area contributed by atoms with Gasteiger partial charge in [-0.1, -0.05) is 84.9 Å². The van der Waals surface area contributed by atoms with Gasteiger partial charge in [-0.05, 0) is 98.4 Å². The molecule has 2 aromatic heterocycles. The second kappa shape index (κ2) is 8.43. The number of fused-ring (bicyclic) bond motifs is 11. The summed E-state index contributed by atoms with van der Waals surface area (Å²) in [4.78, 5) is 4.70. The maximum Gasteiger partial charge on any atom is 0.227 e. The highest BCUT2D eigenvalue weighted by atomic mass is 16.3. The van der Waals surface area contributed by atoms with Gasteiger partial charge in [-0.25, -0.2) is 4.98 Å². The van der Waals surface area contributed by atoms with E-state index in [1.165, 1.54) is 49.5 Å². The van der Waals surface area contributed by atoms with Gasteiger partial charge in [0.15, 0.2) is 5.58 Å². The van der Waals surface area contributed by atoms with E-state index in [0.29, 0.717) is 5.89 Å². The Kier molecular flexibility index (Phi) is 4.50. The van der Waals surface area contributed by atoms with Crippen molar-refractivity contribution in [3.8, 4) is 33.7 Å². The molecule has 0 amide bonds. The van der Waals surface area contributed by atoms with Gasteiger partial charge in [-0.2, -0.15) is 0 Å². The minimum Gasteiger partial charge on any atom is -0.455 e. The molecule has 0 radical (unpaired) electrons. The van der Waals surface area contributed by atoms with Crippen LogP contribution < -0.4 is 0 Å². The highest BCUT2D eigenvalue weighted by Gasteiger charge is 2.22. The van der Waals surface area contributed by atoms with Crippen molar-refractivity contribution in [1.82, 2.24) is 4.98 Å². The van der Waals surface area contributed by atoms with Gasteiger partial charge in [0.25, 0.3) is 0 Å². The summed E-state index contributed by atoms with van der Waals surface area (Å²) < 4.78 is 12.5.